The predicted molar refractivity (Wildman–Crippen MR) is 104 cm³/mol. The van der Waals surface area contributed by atoms with Crippen LogP contribution >= 0.6 is 0 Å². The van der Waals surface area contributed by atoms with Crippen molar-refractivity contribution in [1.29, 1.82) is 0 Å². The molecule has 2 aliphatic rings. The Kier molecular flexibility index (Phi) is 4.56. The van der Waals surface area contributed by atoms with Gasteiger partial charge in [0.2, 0.25) is 5.91 Å². The summed E-state index contributed by atoms with van der Waals surface area (Å²) >= 11 is 0. The fraction of sp³-hybridized carbons (Fsp3) is 0.409. The maximum Gasteiger partial charge on any atom is 0.225 e. The smallest absolute Gasteiger partial charge is 0.225 e. The van der Waals surface area contributed by atoms with Crippen molar-refractivity contribution in [2.45, 2.75) is 38.0 Å². The number of fused-ring (bicyclic) bond motifs is 3. The third kappa shape index (κ3) is 2.86. The molecular weight excluding hydrogens is 340 g/mol. The van der Waals surface area contributed by atoms with Crippen molar-refractivity contribution >= 4 is 5.91 Å². The fourth-order valence-corrected chi connectivity index (χ4v) is 4.61. The molecule has 4 rings (SSSR count). The summed E-state index contributed by atoms with van der Waals surface area (Å²) < 4.78 is 11.0. The minimum Gasteiger partial charge on any atom is -0.493 e. The Morgan fingerprint density at radius 3 is 2.33 bits per heavy atom. The highest BCUT2D eigenvalue weighted by molar-refractivity contribution is 5.78. The number of rotatable bonds is 3. The normalized spacial score (nSPS) is 25.0. The number of nitrogens with zero attached hydrogens (tertiary/aromatic N) is 2. The molecule has 3 atom stereocenters. The molecule has 142 valence electrons. The number of carbonyl (C=O) groups excluding carboxylic acids is 1. The van der Waals surface area contributed by atoms with Crippen molar-refractivity contribution < 1.29 is 14.3 Å². The average molecular weight is 366 g/mol. The van der Waals surface area contributed by atoms with Gasteiger partial charge < -0.3 is 14.4 Å². The first-order valence-corrected chi connectivity index (χ1v) is 9.38. The molecule has 1 saturated heterocycles. The van der Waals surface area contributed by atoms with E-state index >= 15 is 0 Å². The van der Waals surface area contributed by atoms with Crippen LogP contribution in [0.3, 0.4) is 0 Å². The second-order valence-electron chi connectivity index (χ2n) is 7.42. The van der Waals surface area contributed by atoms with E-state index in [0.717, 1.165) is 17.7 Å². The highest BCUT2D eigenvalue weighted by atomic mass is 16.5. The molecule has 0 aliphatic carbocycles. The summed E-state index contributed by atoms with van der Waals surface area (Å²) in [6.45, 7) is 2.24. The van der Waals surface area contributed by atoms with Gasteiger partial charge in [0.1, 0.15) is 6.17 Å². The van der Waals surface area contributed by atoms with Crippen LogP contribution in [0.4, 0.5) is 0 Å². The summed E-state index contributed by atoms with van der Waals surface area (Å²) in [7, 11) is 5.22. The average Bonchev–Trinajstić information content (AvgIpc) is 2.69. The first kappa shape index (κ1) is 17.9. The van der Waals surface area contributed by atoms with E-state index in [2.05, 4.69) is 36.1 Å². The van der Waals surface area contributed by atoms with Gasteiger partial charge in [-0.1, -0.05) is 30.3 Å². The Bertz CT molecular complexity index is 852. The highest BCUT2D eigenvalue weighted by Crippen LogP contribution is 2.47. The zero-order valence-electron chi connectivity index (χ0n) is 16.3. The SMILES string of the molecule is COc1cc2c(cc1OC)[C@@H]1CC(=O)N(C)[C@H](c3ccccc3)N1[C@H](C)C2. The van der Waals surface area contributed by atoms with Crippen LogP contribution in [0.1, 0.15) is 42.2 Å². The fourth-order valence-electron chi connectivity index (χ4n) is 4.61. The largest absolute Gasteiger partial charge is 0.493 e. The predicted octanol–water partition coefficient (Wildman–Crippen LogP) is 3.55. The maximum atomic E-state index is 12.9. The van der Waals surface area contributed by atoms with E-state index in [-0.39, 0.29) is 18.1 Å². The van der Waals surface area contributed by atoms with Crippen molar-refractivity contribution in [2.75, 3.05) is 21.3 Å². The van der Waals surface area contributed by atoms with E-state index in [0.29, 0.717) is 18.2 Å². The molecule has 27 heavy (non-hydrogen) atoms. The van der Waals surface area contributed by atoms with Gasteiger partial charge in [-0.15, -0.1) is 0 Å². The van der Waals surface area contributed by atoms with Crippen molar-refractivity contribution in [3.63, 3.8) is 0 Å². The van der Waals surface area contributed by atoms with Gasteiger partial charge in [-0.25, -0.2) is 0 Å². The van der Waals surface area contributed by atoms with Crippen LogP contribution < -0.4 is 9.47 Å². The van der Waals surface area contributed by atoms with Gasteiger partial charge in [-0.05, 0) is 42.2 Å². The Morgan fingerprint density at radius 2 is 1.67 bits per heavy atom. The topological polar surface area (TPSA) is 42.0 Å². The van der Waals surface area contributed by atoms with E-state index in [1.807, 2.05) is 30.1 Å². The van der Waals surface area contributed by atoms with E-state index in [1.165, 1.54) is 11.1 Å². The van der Waals surface area contributed by atoms with Crippen LogP contribution in [-0.2, 0) is 11.2 Å². The molecular formula is C22H26N2O3. The Balaban J connectivity index is 1.83. The van der Waals surface area contributed by atoms with E-state index in [1.54, 1.807) is 14.2 Å². The van der Waals surface area contributed by atoms with Gasteiger partial charge in [-0.2, -0.15) is 0 Å². The standard InChI is InChI=1S/C22H26N2O3/c1-14-10-16-11-19(26-3)20(27-4)12-17(16)18-13-21(25)23(2)22(24(14)18)15-8-6-5-7-9-15/h5-9,11-12,14,18,22H,10,13H2,1-4H3/t14-,18+,22+/m1/s1. The molecule has 0 saturated carbocycles. The number of carbonyl (C=O) groups is 1. The number of hydrogen-bond acceptors (Lipinski definition) is 4. The van der Waals surface area contributed by atoms with Gasteiger partial charge in [0.15, 0.2) is 11.5 Å². The van der Waals surface area contributed by atoms with Crippen molar-refractivity contribution in [3.8, 4) is 11.5 Å². The second-order valence-corrected chi connectivity index (χ2v) is 7.42. The van der Waals surface area contributed by atoms with Gasteiger partial charge in [0.25, 0.3) is 0 Å². The molecule has 1 fully saturated rings. The lowest BCUT2D eigenvalue weighted by molar-refractivity contribution is -0.151. The Morgan fingerprint density at radius 1 is 1.00 bits per heavy atom. The molecule has 0 unspecified atom stereocenters. The lowest BCUT2D eigenvalue weighted by atomic mass is 9.83. The van der Waals surface area contributed by atoms with E-state index in [4.69, 9.17) is 9.47 Å². The van der Waals surface area contributed by atoms with E-state index in [9.17, 15) is 4.79 Å². The van der Waals surface area contributed by atoms with E-state index < -0.39 is 0 Å². The molecule has 5 nitrogen and oxygen atoms in total. The first-order chi connectivity index (χ1) is 13.0. The minimum absolute atomic E-state index is 0.0393. The van der Waals surface area contributed by atoms with Crippen LogP contribution in [0.15, 0.2) is 42.5 Å². The van der Waals surface area contributed by atoms with Crippen LogP contribution in [0.25, 0.3) is 0 Å². The van der Waals surface area contributed by atoms with Gasteiger partial charge in [0, 0.05) is 25.6 Å². The van der Waals surface area contributed by atoms with Crippen molar-refractivity contribution in [2.24, 2.45) is 0 Å². The summed E-state index contributed by atoms with van der Waals surface area (Å²) in [6.07, 6.45) is 1.33. The summed E-state index contributed by atoms with van der Waals surface area (Å²) in [5.74, 6) is 1.63. The summed E-state index contributed by atoms with van der Waals surface area (Å²) in [6, 6.07) is 14.8. The number of hydrogen-bond donors (Lipinski definition) is 0. The molecule has 5 heteroatoms. The summed E-state index contributed by atoms with van der Waals surface area (Å²) in [5, 5.41) is 0. The van der Waals surface area contributed by atoms with Gasteiger partial charge in [-0.3, -0.25) is 9.69 Å². The molecule has 0 bridgehead atoms. The zero-order valence-corrected chi connectivity index (χ0v) is 16.3. The molecule has 0 N–H and O–H groups in total. The summed E-state index contributed by atoms with van der Waals surface area (Å²) in [5.41, 5.74) is 3.56. The monoisotopic (exact) mass is 366 g/mol. The van der Waals surface area contributed by atoms with Crippen molar-refractivity contribution in [1.82, 2.24) is 9.80 Å². The zero-order chi connectivity index (χ0) is 19.1. The molecule has 2 heterocycles. The van der Waals surface area contributed by atoms with Crippen LogP contribution in [0.2, 0.25) is 0 Å². The molecule has 0 aromatic heterocycles. The lowest BCUT2D eigenvalue weighted by Gasteiger charge is -2.52. The highest BCUT2D eigenvalue weighted by Gasteiger charge is 2.45. The number of methoxy groups -OCH3 is 2. The molecule has 2 aromatic rings. The summed E-state index contributed by atoms with van der Waals surface area (Å²) in [4.78, 5) is 17.2. The van der Waals surface area contributed by atoms with Gasteiger partial charge in [0.05, 0.1) is 14.2 Å². The number of ether oxygens (including phenoxy) is 2. The van der Waals surface area contributed by atoms with Crippen LogP contribution in [-0.4, -0.2) is 43.0 Å². The third-order valence-corrected chi connectivity index (χ3v) is 5.90. The minimum atomic E-state index is -0.0614. The maximum absolute atomic E-state index is 12.9. The third-order valence-electron chi connectivity index (χ3n) is 5.90. The van der Waals surface area contributed by atoms with Gasteiger partial charge >= 0.3 is 0 Å². The number of amides is 1. The van der Waals surface area contributed by atoms with Crippen LogP contribution in [0.5, 0.6) is 11.5 Å². The molecule has 2 aromatic carbocycles. The molecule has 0 radical (unpaired) electrons. The second kappa shape index (κ2) is 6.89. The van der Waals surface area contributed by atoms with Crippen molar-refractivity contribution in [3.05, 3.63) is 59.2 Å². The first-order valence-electron chi connectivity index (χ1n) is 9.38. The molecule has 2 aliphatic heterocycles. The Labute approximate surface area is 160 Å². The molecule has 1 amide bonds. The number of benzene rings is 2. The molecule has 0 spiro atoms. The lowest BCUT2D eigenvalue weighted by Crippen LogP contribution is -2.55. The Hall–Kier alpha value is -2.53. The quantitative estimate of drug-likeness (QED) is 0.833. The van der Waals surface area contributed by atoms with Crippen LogP contribution in [0, 0.1) is 0 Å².